The van der Waals surface area contributed by atoms with Gasteiger partial charge in [0.15, 0.2) is 5.16 Å². The van der Waals surface area contributed by atoms with E-state index in [1.54, 1.807) is 0 Å². The van der Waals surface area contributed by atoms with E-state index in [9.17, 15) is 10.1 Å². The molecule has 1 rings (SSSR count). The van der Waals surface area contributed by atoms with Crippen molar-refractivity contribution in [2.24, 2.45) is 5.10 Å². The molecule has 0 aromatic carbocycles. The SMILES string of the molecule is O=[N+]([O-])C1=N[N]C(Cl)=C1. The average Bonchev–Trinajstić information content (AvgIpc) is 2.14. The van der Waals surface area contributed by atoms with Crippen molar-refractivity contribution >= 4 is 17.4 Å². The van der Waals surface area contributed by atoms with E-state index in [2.05, 4.69) is 10.5 Å². The number of hydrogen-bond acceptors (Lipinski definition) is 3. The lowest BCUT2D eigenvalue weighted by Gasteiger charge is -1.82. The van der Waals surface area contributed by atoms with E-state index >= 15 is 0 Å². The van der Waals surface area contributed by atoms with Gasteiger partial charge in [0, 0.05) is 0 Å². The molecular weight excluding hydrogens is 146 g/mol. The normalized spacial score (nSPS) is 16.1. The molecule has 9 heavy (non-hydrogen) atoms. The Bertz CT molecular complexity index is 209. The van der Waals surface area contributed by atoms with Crippen LogP contribution in [-0.2, 0) is 0 Å². The lowest BCUT2D eigenvalue weighted by atomic mass is 10.6. The number of amidine groups is 1. The highest BCUT2D eigenvalue weighted by atomic mass is 35.5. The molecule has 0 amide bonds. The van der Waals surface area contributed by atoms with Gasteiger partial charge < -0.3 is 10.1 Å². The molecule has 0 aromatic heterocycles. The largest absolute Gasteiger partial charge is 0.393 e. The first-order valence-corrected chi connectivity index (χ1v) is 2.38. The van der Waals surface area contributed by atoms with Crippen LogP contribution in [0.5, 0.6) is 0 Å². The molecule has 0 bridgehead atoms. The van der Waals surface area contributed by atoms with Crippen molar-refractivity contribution in [3.8, 4) is 0 Å². The van der Waals surface area contributed by atoms with Crippen molar-refractivity contribution in [1.82, 2.24) is 5.43 Å². The molecule has 47 valence electrons. The molecule has 0 atom stereocenters. The fraction of sp³-hybridized carbons (Fsp3) is 0. The van der Waals surface area contributed by atoms with Crippen LogP contribution in [0.1, 0.15) is 0 Å². The molecule has 1 heterocycles. The molecule has 1 aliphatic rings. The van der Waals surface area contributed by atoms with Crippen molar-refractivity contribution in [2.45, 2.75) is 0 Å². The van der Waals surface area contributed by atoms with Gasteiger partial charge in [-0.3, -0.25) is 0 Å². The van der Waals surface area contributed by atoms with Crippen LogP contribution in [-0.4, -0.2) is 10.8 Å². The number of halogens is 1. The zero-order chi connectivity index (χ0) is 6.85. The summed E-state index contributed by atoms with van der Waals surface area (Å²) in [7, 11) is 0. The topological polar surface area (TPSA) is 69.6 Å². The predicted octanol–water partition coefficient (Wildman–Crippen LogP) is 0.275. The molecule has 5 nitrogen and oxygen atoms in total. The number of rotatable bonds is 0. The third-order valence-electron chi connectivity index (χ3n) is 0.683. The smallest absolute Gasteiger partial charge is 0.358 e. The van der Waals surface area contributed by atoms with Gasteiger partial charge in [-0.25, -0.2) is 0 Å². The molecule has 0 unspecified atom stereocenters. The number of nitrogens with zero attached hydrogens (tertiary/aromatic N) is 3. The van der Waals surface area contributed by atoms with E-state index in [-0.39, 0.29) is 11.0 Å². The zero-order valence-electron chi connectivity index (χ0n) is 4.11. The summed E-state index contributed by atoms with van der Waals surface area (Å²) in [6, 6.07) is 0. The summed E-state index contributed by atoms with van der Waals surface area (Å²) in [6.45, 7) is 0. The van der Waals surface area contributed by atoms with Crippen molar-refractivity contribution < 1.29 is 4.92 Å². The van der Waals surface area contributed by atoms with E-state index in [4.69, 9.17) is 11.6 Å². The second-order valence-electron chi connectivity index (χ2n) is 1.28. The molecule has 0 saturated heterocycles. The van der Waals surface area contributed by atoms with Gasteiger partial charge in [-0.2, -0.15) is 0 Å². The summed E-state index contributed by atoms with van der Waals surface area (Å²) >= 11 is 5.23. The molecule has 0 fully saturated rings. The van der Waals surface area contributed by atoms with Gasteiger partial charge in [0.05, 0.1) is 11.2 Å². The van der Waals surface area contributed by atoms with Crippen LogP contribution in [0.3, 0.4) is 0 Å². The molecule has 0 aliphatic carbocycles. The maximum atomic E-state index is 9.86. The standard InChI is InChI=1S/C3HClN3O2/c4-2-1-3(6-5-2)7(8)9/h1H. The quantitative estimate of drug-likeness (QED) is 0.280. The second-order valence-corrected chi connectivity index (χ2v) is 1.67. The lowest BCUT2D eigenvalue weighted by Crippen LogP contribution is -2.05. The van der Waals surface area contributed by atoms with Crippen molar-refractivity contribution in [2.75, 3.05) is 0 Å². The summed E-state index contributed by atoms with van der Waals surface area (Å²) in [5, 5.41) is 13.0. The van der Waals surface area contributed by atoms with Gasteiger partial charge in [-0.05, 0) is 10.3 Å². The van der Waals surface area contributed by atoms with Gasteiger partial charge in [-0.1, -0.05) is 11.6 Å². The van der Waals surface area contributed by atoms with Crippen molar-refractivity contribution in [1.29, 1.82) is 0 Å². The Morgan fingerprint density at radius 1 is 1.78 bits per heavy atom. The minimum absolute atomic E-state index is 0.0432. The second kappa shape index (κ2) is 2.02. The number of nitro groups is 1. The molecule has 6 heteroatoms. The highest BCUT2D eigenvalue weighted by Crippen LogP contribution is 2.05. The first kappa shape index (κ1) is 6.03. The van der Waals surface area contributed by atoms with E-state index < -0.39 is 4.92 Å². The molecule has 1 radical (unpaired) electrons. The van der Waals surface area contributed by atoms with E-state index in [1.807, 2.05) is 0 Å². The fourth-order valence-corrected chi connectivity index (χ4v) is 0.488. The van der Waals surface area contributed by atoms with Crippen molar-refractivity contribution in [3.63, 3.8) is 0 Å². The molecular formula is C3HClN3O2. The van der Waals surface area contributed by atoms with Crippen LogP contribution in [0.15, 0.2) is 16.3 Å². The highest BCUT2D eigenvalue weighted by Gasteiger charge is 2.19. The maximum absolute atomic E-state index is 9.86. The van der Waals surface area contributed by atoms with Gasteiger partial charge in [-0.15, -0.1) is 0 Å². The molecule has 0 aromatic rings. The Balaban J connectivity index is 2.75. The zero-order valence-corrected chi connectivity index (χ0v) is 4.87. The monoisotopic (exact) mass is 146 g/mol. The summed E-state index contributed by atoms with van der Waals surface area (Å²) in [4.78, 5) is 9.20. The first-order valence-electron chi connectivity index (χ1n) is 2.00. The van der Waals surface area contributed by atoms with Crippen LogP contribution < -0.4 is 5.43 Å². The Labute approximate surface area is 55.1 Å². The summed E-state index contributed by atoms with van der Waals surface area (Å²) in [6.07, 6.45) is 1.08. The van der Waals surface area contributed by atoms with E-state index in [0.29, 0.717) is 0 Å². The average molecular weight is 147 g/mol. The minimum atomic E-state index is -0.654. The van der Waals surface area contributed by atoms with Gasteiger partial charge in [0.1, 0.15) is 0 Å². The lowest BCUT2D eigenvalue weighted by molar-refractivity contribution is -0.348. The molecule has 0 N–H and O–H groups in total. The summed E-state index contributed by atoms with van der Waals surface area (Å²) in [5.74, 6) is -0.319. The van der Waals surface area contributed by atoms with E-state index in [1.165, 1.54) is 0 Å². The molecule has 0 saturated carbocycles. The third-order valence-corrected chi connectivity index (χ3v) is 0.868. The van der Waals surface area contributed by atoms with Crippen LogP contribution in [0.2, 0.25) is 0 Å². The summed E-state index contributed by atoms with van der Waals surface area (Å²) < 4.78 is 0. The Hall–Kier alpha value is -1.10. The van der Waals surface area contributed by atoms with Gasteiger partial charge in [0.2, 0.25) is 0 Å². The fourth-order valence-electron chi connectivity index (χ4n) is 0.352. The summed E-state index contributed by atoms with van der Waals surface area (Å²) in [5.41, 5.74) is 3.21. The minimum Gasteiger partial charge on any atom is -0.358 e. The maximum Gasteiger partial charge on any atom is 0.393 e. The Morgan fingerprint density at radius 2 is 2.44 bits per heavy atom. The van der Waals surface area contributed by atoms with Crippen LogP contribution in [0, 0.1) is 10.1 Å². The highest BCUT2D eigenvalue weighted by molar-refractivity contribution is 6.31. The van der Waals surface area contributed by atoms with Crippen LogP contribution in [0.25, 0.3) is 0 Å². The predicted molar refractivity (Wildman–Crippen MR) is 30.5 cm³/mol. The molecule has 0 spiro atoms. The van der Waals surface area contributed by atoms with Crippen LogP contribution >= 0.6 is 11.6 Å². The first-order chi connectivity index (χ1) is 4.20. The Kier molecular flexibility index (Phi) is 1.35. The third kappa shape index (κ3) is 1.17. The number of hydrogen-bond donors (Lipinski definition) is 0. The molecule has 1 aliphatic heterocycles. The van der Waals surface area contributed by atoms with Gasteiger partial charge in [0.25, 0.3) is 0 Å². The Morgan fingerprint density at radius 3 is 2.67 bits per heavy atom. The van der Waals surface area contributed by atoms with E-state index in [0.717, 1.165) is 6.08 Å². The van der Waals surface area contributed by atoms with Gasteiger partial charge >= 0.3 is 5.84 Å². The van der Waals surface area contributed by atoms with Crippen molar-refractivity contribution in [3.05, 3.63) is 21.3 Å². The van der Waals surface area contributed by atoms with Crippen LogP contribution in [0.4, 0.5) is 0 Å².